The zero-order valence-electron chi connectivity index (χ0n) is 27.5. The molecule has 10 heteroatoms. The number of benzene rings is 2. The van der Waals surface area contributed by atoms with E-state index in [9.17, 15) is 14.4 Å². The molecule has 0 bridgehead atoms. The lowest BCUT2D eigenvalue weighted by Crippen LogP contribution is -2.57. The lowest BCUT2D eigenvalue weighted by atomic mass is 9.98. The molecule has 0 unspecified atom stereocenters. The molecule has 0 spiro atoms. The van der Waals surface area contributed by atoms with Crippen LogP contribution < -0.4 is 10.6 Å². The van der Waals surface area contributed by atoms with Gasteiger partial charge in [-0.3, -0.25) is 19.4 Å². The van der Waals surface area contributed by atoms with E-state index in [2.05, 4.69) is 64.2 Å². The van der Waals surface area contributed by atoms with Gasteiger partial charge in [0.15, 0.2) is 0 Å². The SMILES string of the molecule is CNC(C)(C)C/C=C/C(=O)N(C)[C@H](Cc1ccc2ccccc2c1)C(=O)N(CI)[C@H](Cc1cccs1)C(=O)NCCc1ccncc1. The summed E-state index contributed by atoms with van der Waals surface area (Å²) in [5.41, 5.74) is 1.83. The molecule has 4 rings (SSSR count). The zero-order valence-corrected chi connectivity index (χ0v) is 30.5. The van der Waals surface area contributed by atoms with Gasteiger partial charge in [0.2, 0.25) is 17.7 Å². The van der Waals surface area contributed by atoms with Gasteiger partial charge in [0, 0.05) is 49.2 Å². The minimum atomic E-state index is -0.823. The fourth-order valence-corrected chi connectivity index (χ4v) is 6.81. The van der Waals surface area contributed by atoms with Crippen molar-refractivity contribution in [1.29, 1.82) is 0 Å². The van der Waals surface area contributed by atoms with E-state index in [0.29, 0.717) is 32.2 Å². The third-order valence-corrected chi connectivity index (χ3v) is 10.1. The monoisotopic (exact) mass is 765 g/mol. The standard InChI is InChI=1S/C37H44IN5O3S/c1-37(2,39-3)18-7-12-34(44)42(4)33(24-28-13-14-29-9-5-6-10-30(29)23-28)36(46)43(26-38)32(25-31-11-8-22-47-31)35(45)41-21-17-27-15-19-40-20-16-27/h5-16,19-20,22-23,32-33,39H,17-18,21,24-26H2,1-4H3,(H,41,45)/b12-7+/t32-,33-/m1/s1. The molecule has 3 amide bonds. The van der Waals surface area contributed by atoms with Crippen molar-refractivity contribution in [3.8, 4) is 0 Å². The van der Waals surface area contributed by atoms with Crippen molar-refractivity contribution in [1.82, 2.24) is 25.4 Å². The van der Waals surface area contributed by atoms with E-state index in [1.807, 2.05) is 73.1 Å². The van der Waals surface area contributed by atoms with Crippen LogP contribution in [-0.2, 0) is 33.6 Å². The Morgan fingerprint density at radius 2 is 1.70 bits per heavy atom. The Labute approximate surface area is 295 Å². The molecule has 2 heterocycles. The fourth-order valence-electron chi connectivity index (χ4n) is 5.25. The molecule has 47 heavy (non-hydrogen) atoms. The van der Waals surface area contributed by atoms with Crippen molar-refractivity contribution in [2.24, 2.45) is 0 Å². The maximum absolute atomic E-state index is 14.6. The highest BCUT2D eigenvalue weighted by molar-refractivity contribution is 14.1. The van der Waals surface area contributed by atoms with Crippen molar-refractivity contribution in [3.63, 3.8) is 0 Å². The normalized spacial score (nSPS) is 13.0. The number of likely N-dealkylation sites (N-methyl/N-ethyl adjacent to an activating group) is 1. The molecule has 2 N–H and O–H groups in total. The van der Waals surface area contributed by atoms with Crippen molar-refractivity contribution in [2.75, 3.05) is 25.2 Å². The predicted octanol–water partition coefficient (Wildman–Crippen LogP) is 5.80. The number of amides is 3. The molecule has 0 aliphatic carbocycles. The summed E-state index contributed by atoms with van der Waals surface area (Å²) in [4.78, 5) is 50.3. The summed E-state index contributed by atoms with van der Waals surface area (Å²) in [5.74, 6) is -0.746. The van der Waals surface area contributed by atoms with Crippen molar-refractivity contribution in [3.05, 3.63) is 113 Å². The first-order valence-corrected chi connectivity index (χ1v) is 18.2. The number of rotatable bonds is 16. The molecule has 0 saturated carbocycles. The number of nitrogens with zero attached hydrogens (tertiary/aromatic N) is 3. The third kappa shape index (κ3) is 10.4. The first kappa shape index (κ1) is 36.2. The summed E-state index contributed by atoms with van der Waals surface area (Å²) in [6.07, 6.45) is 8.85. The van der Waals surface area contributed by atoms with Crippen molar-refractivity contribution in [2.45, 2.75) is 57.2 Å². The van der Waals surface area contributed by atoms with Crippen LogP contribution in [0.5, 0.6) is 0 Å². The first-order valence-electron chi connectivity index (χ1n) is 15.8. The van der Waals surface area contributed by atoms with E-state index in [0.717, 1.165) is 26.8 Å². The number of pyridine rings is 1. The summed E-state index contributed by atoms with van der Waals surface area (Å²) >= 11 is 3.71. The quantitative estimate of drug-likeness (QED) is 0.0652. The Hall–Kier alpha value is -3.61. The average Bonchev–Trinajstić information content (AvgIpc) is 3.60. The number of hydrogen-bond donors (Lipinski definition) is 2. The highest BCUT2D eigenvalue weighted by Gasteiger charge is 2.36. The number of halogens is 1. The molecule has 0 aliphatic heterocycles. The van der Waals surface area contributed by atoms with Gasteiger partial charge >= 0.3 is 0 Å². The minimum absolute atomic E-state index is 0.173. The molecule has 8 nitrogen and oxygen atoms in total. The van der Waals surface area contributed by atoms with Gasteiger partial charge in [-0.05, 0) is 85.3 Å². The summed E-state index contributed by atoms with van der Waals surface area (Å²) < 4.78 is 0.285. The molecular weight excluding hydrogens is 721 g/mol. The highest BCUT2D eigenvalue weighted by atomic mass is 127. The third-order valence-electron chi connectivity index (χ3n) is 8.44. The first-order chi connectivity index (χ1) is 22.6. The Balaban J connectivity index is 1.62. The van der Waals surface area contributed by atoms with Crippen LogP contribution in [0.4, 0.5) is 0 Å². The summed E-state index contributed by atoms with van der Waals surface area (Å²) in [6, 6.07) is 20.4. The topological polar surface area (TPSA) is 94.6 Å². The van der Waals surface area contributed by atoms with Crippen LogP contribution in [0.1, 0.15) is 36.3 Å². The van der Waals surface area contributed by atoms with Gasteiger partial charge in [-0.2, -0.15) is 0 Å². The van der Waals surface area contributed by atoms with Gasteiger partial charge in [-0.25, -0.2) is 0 Å². The van der Waals surface area contributed by atoms with Crippen LogP contribution >= 0.6 is 33.9 Å². The second kappa shape index (κ2) is 17.5. The number of aromatic nitrogens is 1. The maximum atomic E-state index is 14.6. The highest BCUT2D eigenvalue weighted by Crippen LogP contribution is 2.22. The van der Waals surface area contributed by atoms with Crippen LogP contribution in [0, 0.1) is 0 Å². The van der Waals surface area contributed by atoms with Crippen LogP contribution in [0.25, 0.3) is 10.8 Å². The van der Waals surface area contributed by atoms with E-state index < -0.39 is 12.1 Å². The zero-order chi connectivity index (χ0) is 33.8. The van der Waals surface area contributed by atoms with Gasteiger partial charge < -0.3 is 20.4 Å². The summed E-state index contributed by atoms with van der Waals surface area (Å²) in [6.45, 7) is 4.55. The maximum Gasteiger partial charge on any atom is 0.247 e. The molecule has 2 atom stereocenters. The number of fused-ring (bicyclic) bond motifs is 1. The second-order valence-electron chi connectivity index (χ2n) is 12.2. The average molecular weight is 766 g/mol. The lowest BCUT2D eigenvalue weighted by molar-refractivity contribution is -0.146. The van der Waals surface area contributed by atoms with Gasteiger partial charge in [-0.15, -0.1) is 11.3 Å². The van der Waals surface area contributed by atoms with E-state index in [1.165, 1.54) is 4.90 Å². The molecule has 0 aliphatic rings. The fraction of sp³-hybridized carbons (Fsp3) is 0.351. The summed E-state index contributed by atoms with van der Waals surface area (Å²) in [7, 11) is 3.56. The molecule has 0 radical (unpaired) electrons. The number of nitrogens with one attached hydrogen (secondary N) is 2. The number of thiophene rings is 1. The molecular formula is C37H44IN5O3S. The van der Waals surface area contributed by atoms with E-state index in [1.54, 1.807) is 41.8 Å². The van der Waals surface area contributed by atoms with E-state index >= 15 is 0 Å². The molecule has 0 fully saturated rings. The molecule has 248 valence electrons. The molecule has 2 aromatic carbocycles. The Bertz CT molecular complexity index is 1640. The van der Waals surface area contributed by atoms with Crippen LogP contribution in [-0.4, -0.2) is 75.3 Å². The second-order valence-corrected chi connectivity index (χ2v) is 13.9. The predicted molar refractivity (Wildman–Crippen MR) is 200 cm³/mol. The van der Waals surface area contributed by atoms with E-state index in [4.69, 9.17) is 0 Å². The Kier molecular flexibility index (Phi) is 13.5. The number of alkyl halides is 1. The number of carbonyl (C=O) groups excluding carboxylic acids is 3. The largest absolute Gasteiger partial charge is 0.354 e. The lowest BCUT2D eigenvalue weighted by Gasteiger charge is -2.35. The number of hydrogen-bond acceptors (Lipinski definition) is 6. The number of carbonyl (C=O) groups is 3. The van der Waals surface area contributed by atoms with Crippen LogP contribution in [0.15, 0.2) is 96.7 Å². The molecule has 4 aromatic rings. The van der Waals surface area contributed by atoms with Gasteiger partial charge in [0.1, 0.15) is 12.1 Å². The Morgan fingerprint density at radius 3 is 2.38 bits per heavy atom. The van der Waals surface area contributed by atoms with Crippen LogP contribution in [0.3, 0.4) is 0 Å². The van der Waals surface area contributed by atoms with Gasteiger partial charge in [-0.1, -0.05) is 77.2 Å². The summed E-state index contributed by atoms with van der Waals surface area (Å²) in [5, 5.41) is 10.5. The smallest absolute Gasteiger partial charge is 0.247 e. The van der Waals surface area contributed by atoms with Crippen molar-refractivity contribution < 1.29 is 14.4 Å². The molecule has 2 aromatic heterocycles. The Morgan fingerprint density at radius 1 is 0.957 bits per heavy atom. The molecule has 0 saturated heterocycles. The minimum Gasteiger partial charge on any atom is -0.354 e. The van der Waals surface area contributed by atoms with Gasteiger partial charge in [0.05, 0.1) is 4.55 Å². The van der Waals surface area contributed by atoms with Crippen molar-refractivity contribution >= 4 is 62.4 Å². The van der Waals surface area contributed by atoms with Crippen LogP contribution in [0.2, 0.25) is 0 Å². The van der Waals surface area contributed by atoms with Gasteiger partial charge in [0.25, 0.3) is 0 Å². The van der Waals surface area contributed by atoms with E-state index in [-0.39, 0.29) is 27.8 Å².